The average Bonchev–Trinajstić information content (AvgIpc) is 2.42. The third kappa shape index (κ3) is 2.78. The Kier molecular flexibility index (Phi) is 4.02. The van der Waals surface area contributed by atoms with Crippen LogP contribution in [-0.4, -0.2) is 12.2 Å². The van der Waals surface area contributed by atoms with Crippen LogP contribution >= 0.6 is 0 Å². The molecule has 0 heterocycles. The zero-order valence-electron chi connectivity index (χ0n) is 11.2. The van der Waals surface area contributed by atoms with E-state index in [1.807, 2.05) is 38.1 Å². The molecule has 0 amide bonds. The SMILES string of the molecule is Cc1cc(-c2ccc(N=C=O)cc2C)ccc1N=C=O. The van der Waals surface area contributed by atoms with Gasteiger partial charge in [-0.3, -0.25) is 0 Å². The predicted molar refractivity (Wildman–Crippen MR) is 76.9 cm³/mol. The molecule has 0 aliphatic carbocycles. The van der Waals surface area contributed by atoms with Crippen LogP contribution in [0.2, 0.25) is 0 Å². The summed E-state index contributed by atoms with van der Waals surface area (Å²) in [5, 5.41) is 0. The lowest BCUT2D eigenvalue weighted by atomic mass is 9.98. The van der Waals surface area contributed by atoms with Gasteiger partial charge >= 0.3 is 0 Å². The van der Waals surface area contributed by atoms with Crippen molar-refractivity contribution in [3.05, 3.63) is 47.5 Å². The number of rotatable bonds is 3. The second-order valence-corrected chi connectivity index (χ2v) is 4.41. The summed E-state index contributed by atoms with van der Waals surface area (Å²) >= 11 is 0. The van der Waals surface area contributed by atoms with Crippen LogP contribution in [0.25, 0.3) is 11.1 Å². The van der Waals surface area contributed by atoms with Gasteiger partial charge in [0.25, 0.3) is 0 Å². The van der Waals surface area contributed by atoms with Crippen molar-refractivity contribution in [2.75, 3.05) is 0 Å². The quantitative estimate of drug-likeness (QED) is 0.623. The molecule has 0 saturated carbocycles. The highest BCUT2D eigenvalue weighted by molar-refractivity contribution is 5.72. The van der Waals surface area contributed by atoms with E-state index in [0.717, 1.165) is 22.3 Å². The van der Waals surface area contributed by atoms with E-state index in [2.05, 4.69) is 9.98 Å². The van der Waals surface area contributed by atoms with Crippen molar-refractivity contribution >= 4 is 23.5 Å². The molecule has 0 radical (unpaired) electrons. The molecule has 0 fully saturated rings. The molecule has 0 N–H and O–H groups in total. The fourth-order valence-electron chi connectivity index (χ4n) is 2.09. The molecule has 0 aromatic heterocycles. The Morgan fingerprint density at radius 2 is 1.60 bits per heavy atom. The Balaban J connectivity index is 2.49. The zero-order chi connectivity index (χ0) is 14.5. The number of nitrogens with zero attached hydrogens (tertiary/aromatic N) is 2. The van der Waals surface area contributed by atoms with E-state index < -0.39 is 0 Å². The summed E-state index contributed by atoms with van der Waals surface area (Å²) in [5.41, 5.74) is 5.17. The van der Waals surface area contributed by atoms with Gasteiger partial charge in [-0.05, 0) is 60.4 Å². The third-order valence-electron chi connectivity index (χ3n) is 3.06. The minimum Gasteiger partial charge on any atom is -0.211 e. The standard InChI is InChI=1S/C16H12N2O2/c1-11-8-14(17-9-19)4-5-15(11)13-3-6-16(18-10-20)12(2)7-13/h3-8H,1-2H3. The second kappa shape index (κ2) is 5.89. The van der Waals surface area contributed by atoms with Crippen LogP contribution in [0.5, 0.6) is 0 Å². The van der Waals surface area contributed by atoms with Crippen LogP contribution in [0, 0.1) is 13.8 Å². The first-order valence-corrected chi connectivity index (χ1v) is 6.03. The summed E-state index contributed by atoms with van der Waals surface area (Å²) in [4.78, 5) is 27.8. The number of aliphatic imine (C=N–C) groups is 2. The van der Waals surface area contributed by atoms with Gasteiger partial charge in [0.05, 0.1) is 11.4 Å². The van der Waals surface area contributed by atoms with Gasteiger partial charge in [0, 0.05) is 0 Å². The minimum absolute atomic E-state index is 0.583. The molecule has 4 heteroatoms. The smallest absolute Gasteiger partial charge is 0.211 e. The first-order chi connectivity index (χ1) is 9.65. The number of aryl methyl sites for hydroxylation is 2. The van der Waals surface area contributed by atoms with Crippen molar-refractivity contribution in [3.63, 3.8) is 0 Å². The lowest BCUT2D eigenvalue weighted by Crippen LogP contribution is -1.84. The number of benzene rings is 2. The molecule has 0 saturated heterocycles. The van der Waals surface area contributed by atoms with Crippen LogP contribution in [-0.2, 0) is 9.59 Å². The molecule has 0 aliphatic rings. The van der Waals surface area contributed by atoms with Gasteiger partial charge in [-0.1, -0.05) is 12.1 Å². The molecule has 0 aliphatic heterocycles. The molecule has 2 rings (SSSR count). The van der Waals surface area contributed by atoms with Crippen LogP contribution in [0.4, 0.5) is 11.4 Å². The highest BCUT2D eigenvalue weighted by atomic mass is 16.1. The number of carbonyl (C=O) groups excluding carboxylic acids is 2. The number of hydrogen-bond acceptors (Lipinski definition) is 4. The van der Waals surface area contributed by atoms with E-state index in [0.29, 0.717) is 11.4 Å². The summed E-state index contributed by atoms with van der Waals surface area (Å²) in [6, 6.07) is 11.1. The van der Waals surface area contributed by atoms with E-state index in [9.17, 15) is 9.59 Å². The second-order valence-electron chi connectivity index (χ2n) is 4.41. The largest absolute Gasteiger partial charge is 0.240 e. The van der Waals surface area contributed by atoms with Crippen molar-refractivity contribution < 1.29 is 9.59 Å². The lowest BCUT2D eigenvalue weighted by molar-refractivity contribution is 0.564. The van der Waals surface area contributed by atoms with Gasteiger partial charge < -0.3 is 0 Å². The molecule has 0 spiro atoms. The maximum atomic E-state index is 10.3. The van der Waals surface area contributed by atoms with Crippen molar-refractivity contribution in [1.29, 1.82) is 0 Å². The summed E-state index contributed by atoms with van der Waals surface area (Å²) in [6.45, 7) is 3.84. The minimum atomic E-state index is 0.583. The Hall–Kier alpha value is -2.80. The van der Waals surface area contributed by atoms with Gasteiger partial charge in [-0.2, -0.15) is 9.98 Å². The molecule has 98 valence electrons. The first-order valence-electron chi connectivity index (χ1n) is 6.03. The molecular weight excluding hydrogens is 252 g/mol. The van der Waals surface area contributed by atoms with Crippen LogP contribution in [0.15, 0.2) is 46.4 Å². The Labute approximate surface area is 116 Å². The van der Waals surface area contributed by atoms with E-state index in [1.165, 1.54) is 6.08 Å². The van der Waals surface area contributed by atoms with E-state index in [4.69, 9.17) is 0 Å². The Morgan fingerprint density at radius 1 is 0.850 bits per heavy atom. The normalized spacial score (nSPS) is 9.50. The fourth-order valence-corrected chi connectivity index (χ4v) is 2.09. The highest BCUT2D eigenvalue weighted by Crippen LogP contribution is 2.30. The van der Waals surface area contributed by atoms with Gasteiger partial charge in [0.1, 0.15) is 0 Å². The lowest BCUT2D eigenvalue weighted by Gasteiger charge is -2.08. The highest BCUT2D eigenvalue weighted by Gasteiger charge is 2.05. The third-order valence-corrected chi connectivity index (χ3v) is 3.06. The topological polar surface area (TPSA) is 58.9 Å². The maximum Gasteiger partial charge on any atom is 0.240 e. The van der Waals surface area contributed by atoms with Gasteiger partial charge in [-0.25, -0.2) is 9.59 Å². The molecular formula is C16H12N2O2. The monoisotopic (exact) mass is 264 g/mol. The zero-order valence-corrected chi connectivity index (χ0v) is 11.2. The molecule has 20 heavy (non-hydrogen) atoms. The molecule has 2 aromatic rings. The van der Waals surface area contributed by atoms with Crippen LogP contribution < -0.4 is 0 Å². The first kappa shape index (κ1) is 13.6. The fraction of sp³-hybridized carbons (Fsp3) is 0.125. The summed E-state index contributed by atoms with van der Waals surface area (Å²) < 4.78 is 0. The Bertz CT molecular complexity index is 753. The molecule has 0 bridgehead atoms. The molecule has 0 atom stereocenters. The average molecular weight is 264 g/mol. The van der Waals surface area contributed by atoms with Crippen LogP contribution in [0.1, 0.15) is 11.1 Å². The summed E-state index contributed by atoms with van der Waals surface area (Å²) in [7, 11) is 0. The van der Waals surface area contributed by atoms with Crippen LogP contribution in [0.3, 0.4) is 0 Å². The summed E-state index contributed by atoms with van der Waals surface area (Å²) in [6.07, 6.45) is 3.07. The van der Waals surface area contributed by atoms with Gasteiger partial charge in [0.15, 0.2) is 0 Å². The number of hydrogen-bond donors (Lipinski definition) is 0. The van der Waals surface area contributed by atoms with Gasteiger partial charge in [0.2, 0.25) is 12.2 Å². The maximum absolute atomic E-state index is 10.3. The molecule has 0 unspecified atom stereocenters. The van der Waals surface area contributed by atoms with Gasteiger partial charge in [-0.15, -0.1) is 0 Å². The summed E-state index contributed by atoms with van der Waals surface area (Å²) in [5.74, 6) is 0. The van der Waals surface area contributed by atoms with E-state index in [-0.39, 0.29) is 0 Å². The Morgan fingerprint density at radius 3 is 2.20 bits per heavy atom. The van der Waals surface area contributed by atoms with Crippen molar-refractivity contribution in [3.8, 4) is 11.1 Å². The van der Waals surface area contributed by atoms with Crippen molar-refractivity contribution in [2.45, 2.75) is 13.8 Å². The predicted octanol–water partition coefficient (Wildman–Crippen LogP) is 3.91. The van der Waals surface area contributed by atoms with E-state index >= 15 is 0 Å². The van der Waals surface area contributed by atoms with E-state index in [1.54, 1.807) is 18.2 Å². The molecule has 2 aromatic carbocycles. The molecule has 4 nitrogen and oxygen atoms in total. The van der Waals surface area contributed by atoms with Crippen molar-refractivity contribution in [2.24, 2.45) is 9.98 Å². The van der Waals surface area contributed by atoms with Crippen molar-refractivity contribution in [1.82, 2.24) is 0 Å². The number of isocyanates is 2.